The molecule has 0 aliphatic carbocycles. The highest BCUT2D eigenvalue weighted by Gasteiger charge is 2.08. The summed E-state index contributed by atoms with van der Waals surface area (Å²) in [5.74, 6) is -0.447. The van der Waals surface area contributed by atoms with E-state index in [4.69, 9.17) is 14.2 Å². The smallest absolute Gasteiger partial charge is 0.357 e. The molecule has 0 bridgehead atoms. The Morgan fingerprint density at radius 2 is 2.11 bits per heavy atom. The van der Waals surface area contributed by atoms with Gasteiger partial charge in [0, 0.05) is 20.3 Å². The van der Waals surface area contributed by atoms with E-state index in [1.165, 1.54) is 0 Å². The van der Waals surface area contributed by atoms with Gasteiger partial charge in [0.2, 0.25) is 0 Å². The van der Waals surface area contributed by atoms with Gasteiger partial charge in [-0.2, -0.15) is 0 Å². The molecule has 0 aromatic carbocycles. The second-order valence-electron chi connectivity index (χ2n) is 3.44. The Morgan fingerprint density at radius 1 is 1.28 bits per heavy atom. The molecule has 0 saturated heterocycles. The highest BCUT2D eigenvalue weighted by Crippen LogP contribution is 2.07. The summed E-state index contributed by atoms with van der Waals surface area (Å²) >= 11 is 3.19. The summed E-state index contributed by atoms with van der Waals surface area (Å²) in [6, 6.07) is 5.08. The molecule has 0 atom stereocenters. The van der Waals surface area contributed by atoms with E-state index < -0.39 is 5.97 Å². The first kappa shape index (κ1) is 15.1. The van der Waals surface area contributed by atoms with Gasteiger partial charge in [-0.05, 0) is 34.5 Å². The van der Waals surface area contributed by atoms with Crippen LogP contribution in [0.4, 0.5) is 0 Å². The molecule has 0 N–H and O–H groups in total. The number of pyridine rings is 1. The fourth-order valence-corrected chi connectivity index (χ4v) is 1.54. The lowest BCUT2D eigenvalue weighted by Gasteiger charge is -2.05. The van der Waals surface area contributed by atoms with Gasteiger partial charge in [0.1, 0.15) is 16.9 Å². The maximum Gasteiger partial charge on any atom is 0.357 e. The van der Waals surface area contributed by atoms with E-state index in [1.807, 2.05) is 0 Å². The fraction of sp³-hybridized carbons (Fsp3) is 0.500. The zero-order valence-corrected chi connectivity index (χ0v) is 11.8. The van der Waals surface area contributed by atoms with E-state index >= 15 is 0 Å². The van der Waals surface area contributed by atoms with Crippen LogP contribution in [0.15, 0.2) is 22.8 Å². The van der Waals surface area contributed by atoms with Gasteiger partial charge in [-0.1, -0.05) is 6.07 Å². The van der Waals surface area contributed by atoms with Crippen molar-refractivity contribution in [2.45, 2.75) is 6.42 Å². The largest absolute Gasteiger partial charge is 0.459 e. The molecule has 0 aliphatic heterocycles. The Morgan fingerprint density at radius 3 is 2.83 bits per heavy atom. The van der Waals surface area contributed by atoms with Crippen LogP contribution in [-0.4, -0.2) is 44.5 Å². The molecule has 0 amide bonds. The number of hydrogen-bond donors (Lipinski definition) is 0. The third-order valence-corrected chi connectivity index (χ3v) is 2.46. The Labute approximate surface area is 115 Å². The van der Waals surface area contributed by atoms with Crippen molar-refractivity contribution < 1.29 is 19.0 Å². The van der Waals surface area contributed by atoms with Crippen molar-refractivity contribution in [1.29, 1.82) is 0 Å². The molecule has 1 heterocycles. The topological polar surface area (TPSA) is 57.7 Å². The molecular formula is C12H16BrNO4. The molecular weight excluding hydrogens is 302 g/mol. The minimum atomic E-state index is -0.447. The zero-order chi connectivity index (χ0) is 13.2. The van der Waals surface area contributed by atoms with Crippen LogP contribution in [0.1, 0.15) is 16.9 Å². The molecule has 0 aliphatic rings. The van der Waals surface area contributed by atoms with Crippen LogP contribution in [0.2, 0.25) is 0 Å². The standard InChI is InChI=1S/C12H16BrNO4/c1-16-6-3-7-17-8-9-18-12(15)10-4-2-5-11(13)14-10/h2,4-5H,3,6-9H2,1H3. The molecule has 0 fully saturated rings. The van der Waals surface area contributed by atoms with E-state index in [9.17, 15) is 4.79 Å². The number of esters is 1. The Kier molecular flexibility index (Phi) is 7.55. The van der Waals surface area contributed by atoms with Crippen molar-refractivity contribution in [3.05, 3.63) is 28.5 Å². The molecule has 5 nitrogen and oxygen atoms in total. The molecule has 6 heteroatoms. The second-order valence-corrected chi connectivity index (χ2v) is 4.25. The number of halogens is 1. The molecule has 1 aromatic heterocycles. The van der Waals surface area contributed by atoms with Crippen LogP contribution in [0.3, 0.4) is 0 Å². The van der Waals surface area contributed by atoms with E-state index in [0.29, 0.717) is 24.4 Å². The average Bonchev–Trinajstić information content (AvgIpc) is 2.37. The SMILES string of the molecule is COCCCOCCOC(=O)c1cccc(Br)n1. The average molecular weight is 318 g/mol. The van der Waals surface area contributed by atoms with Gasteiger partial charge in [0.05, 0.1) is 6.61 Å². The molecule has 0 radical (unpaired) electrons. The van der Waals surface area contributed by atoms with Crippen LogP contribution in [0.25, 0.3) is 0 Å². The summed E-state index contributed by atoms with van der Waals surface area (Å²) in [4.78, 5) is 15.5. The van der Waals surface area contributed by atoms with Crippen molar-refractivity contribution >= 4 is 21.9 Å². The summed E-state index contributed by atoms with van der Waals surface area (Å²) in [6.07, 6.45) is 0.831. The molecule has 100 valence electrons. The minimum absolute atomic E-state index is 0.222. The van der Waals surface area contributed by atoms with Crippen molar-refractivity contribution in [2.75, 3.05) is 33.5 Å². The summed E-state index contributed by atoms with van der Waals surface area (Å²) < 4.78 is 15.8. The summed E-state index contributed by atoms with van der Waals surface area (Å²) in [5.41, 5.74) is 0.281. The lowest BCUT2D eigenvalue weighted by Crippen LogP contribution is -2.12. The number of ether oxygens (including phenoxy) is 3. The number of nitrogens with zero attached hydrogens (tertiary/aromatic N) is 1. The minimum Gasteiger partial charge on any atom is -0.459 e. The van der Waals surface area contributed by atoms with E-state index in [1.54, 1.807) is 25.3 Å². The van der Waals surface area contributed by atoms with Gasteiger partial charge in [-0.25, -0.2) is 9.78 Å². The number of aromatic nitrogens is 1. The molecule has 0 unspecified atom stereocenters. The van der Waals surface area contributed by atoms with Gasteiger partial charge in [-0.3, -0.25) is 0 Å². The van der Waals surface area contributed by atoms with Gasteiger partial charge in [0.25, 0.3) is 0 Å². The first-order chi connectivity index (χ1) is 8.74. The zero-order valence-electron chi connectivity index (χ0n) is 10.2. The predicted octanol–water partition coefficient (Wildman–Crippen LogP) is 2.05. The lowest BCUT2D eigenvalue weighted by molar-refractivity contribution is 0.0282. The second kappa shape index (κ2) is 9.02. The Hall–Kier alpha value is -0.980. The van der Waals surface area contributed by atoms with Crippen molar-refractivity contribution in [1.82, 2.24) is 4.98 Å². The van der Waals surface area contributed by atoms with E-state index in [0.717, 1.165) is 6.42 Å². The normalized spacial score (nSPS) is 10.3. The quantitative estimate of drug-likeness (QED) is 0.417. The van der Waals surface area contributed by atoms with Crippen molar-refractivity contribution in [3.63, 3.8) is 0 Å². The Bertz CT molecular complexity index is 373. The summed E-state index contributed by atoms with van der Waals surface area (Å²) in [5, 5.41) is 0. The Balaban J connectivity index is 2.14. The van der Waals surface area contributed by atoms with Gasteiger partial charge >= 0.3 is 5.97 Å². The van der Waals surface area contributed by atoms with Crippen molar-refractivity contribution in [2.24, 2.45) is 0 Å². The van der Waals surface area contributed by atoms with Gasteiger partial charge < -0.3 is 14.2 Å². The maximum atomic E-state index is 11.6. The highest BCUT2D eigenvalue weighted by atomic mass is 79.9. The number of carbonyl (C=O) groups is 1. The first-order valence-corrected chi connectivity index (χ1v) is 6.39. The molecule has 0 saturated carbocycles. The van der Waals surface area contributed by atoms with Crippen LogP contribution in [-0.2, 0) is 14.2 Å². The first-order valence-electron chi connectivity index (χ1n) is 5.60. The lowest BCUT2D eigenvalue weighted by atomic mass is 10.3. The molecule has 1 aromatic rings. The fourth-order valence-electron chi connectivity index (χ4n) is 1.20. The number of carbonyl (C=O) groups excluding carboxylic acids is 1. The number of rotatable bonds is 8. The third-order valence-electron chi connectivity index (χ3n) is 2.02. The van der Waals surface area contributed by atoms with E-state index in [2.05, 4.69) is 20.9 Å². The number of hydrogen-bond acceptors (Lipinski definition) is 5. The summed E-state index contributed by atoms with van der Waals surface area (Å²) in [6.45, 7) is 1.87. The third kappa shape index (κ3) is 6.09. The monoisotopic (exact) mass is 317 g/mol. The van der Waals surface area contributed by atoms with Crippen LogP contribution < -0.4 is 0 Å². The van der Waals surface area contributed by atoms with Crippen LogP contribution >= 0.6 is 15.9 Å². The van der Waals surface area contributed by atoms with Gasteiger partial charge in [0.15, 0.2) is 0 Å². The van der Waals surface area contributed by atoms with Crippen LogP contribution in [0, 0.1) is 0 Å². The maximum absolute atomic E-state index is 11.6. The molecule has 0 spiro atoms. The highest BCUT2D eigenvalue weighted by molar-refractivity contribution is 9.10. The van der Waals surface area contributed by atoms with Crippen molar-refractivity contribution in [3.8, 4) is 0 Å². The van der Waals surface area contributed by atoms with Crippen LogP contribution in [0.5, 0.6) is 0 Å². The molecule has 1 rings (SSSR count). The van der Waals surface area contributed by atoms with Gasteiger partial charge in [-0.15, -0.1) is 0 Å². The molecule has 18 heavy (non-hydrogen) atoms. The predicted molar refractivity (Wildman–Crippen MR) is 69.5 cm³/mol. The number of methoxy groups -OCH3 is 1. The summed E-state index contributed by atoms with van der Waals surface area (Å²) in [7, 11) is 1.65. The van der Waals surface area contributed by atoms with E-state index in [-0.39, 0.29) is 12.3 Å².